The molecule has 6 nitrogen and oxygen atoms in total. The lowest BCUT2D eigenvalue weighted by molar-refractivity contribution is -0.133. The molecule has 2 fully saturated rings. The minimum atomic E-state index is -0.0363. The summed E-state index contributed by atoms with van der Waals surface area (Å²) in [5, 5.41) is 3.01. The summed E-state index contributed by atoms with van der Waals surface area (Å²) in [4.78, 5) is 33.1. The number of imidazole rings is 1. The number of nitrogens with zero attached hydrogens (tertiary/aromatic N) is 3. The maximum absolute atomic E-state index is 12.6. The van der Waals surface area contributed by atoms with Crippen LogP contribution < -0.4 is 5.32 Å². The van der Waals surface area contributed by atoms with E-state index >= 15 is 0 Å². The predicted molar refractivity (Wildman–Crippen MR) is 112 cm³/mol. The highest BCUT2D eigenvalue weighted by Crippen LogP contribution is 2.36. The lowest BCUT2D eigenvalue weighted by atomic mass is 9.95. The lowest BCUT2D eigenvalue weighted by Gasteiger charge is -2.31. The van der Waals surface area contributed by atoms with Crippen molar-refractivity contribution in [3.63, 3.8) is 0 Å². The molecule has 7 heteroatoms. The van der Waals surface area contributed by atoms with Gasteiger partial charge in [0.05, 0.1) is 4.88 Å². The van der Waals surface area contributed by atoms with Gasteiger partial charge in [0.15, 0.2) is 0 Å². The van der Waals surface area contributed by atoms with E-state index in [1.165, 1.54) is 4.88 Å². The SMILES string of the molecule is O=C(NCc1ccn2ccnc2c1)c1ccc(C2CCN(C(=O)C3CC3)CC2)s1. The van der Waals surface area contributed by atoms with E-state index in [1.54, 1.807) is 17.5 Å². The third-order valence-corrected chi connectivity index (χ3v) is 7.15. The summed E-state index contributed by atoms with van der Waals surface area (Å²) in [5.74, 6) is 1.07. The molecule has 3 aromatic rings. The van der Waals surface area contributed by atoms with Crippen LogP contribution in [0.15, 0.2) is 42.9 Å². The number of amides is 2. The van der Waals surface area contributed by atoms with E-state index in [9.17, 15) is 9.59 Å². The maximum atomic E-state index is 12.6. The van der Waals surface area contributed by atoms with E-state index in [1.807, 2.05) is 39.9 Å². The van der Waals surface area contributed by atoms with Gasteiger partial charge in [0.25, 0.3) is 5.91 Å². The Morgan fingerprint density at radius 3 is 2.72 bits per heavy atom. The van der Waals surface area contributed by atoms with Crippen LogP contribution in [0.1, 0.15) is 51.7 Å². The van der Waals surface area contributed by atoms with Gasteiger partial charge in [0.2, 0.25) is 5.91 Å². The van der Waals surface area contributed by atoms with E-state index in [-0.39, 0.29) is 5.91 Å². The molecule has 0 aromatic carbocycles. The third-order valence-electron chi connectivity index (χ3n) is 5.90. The Kier molecular flexibility index (Phi) is 4.83. The standard InChI is InChI=1S/C22H24N4O2S/c27-21(24-14-15-5-9-25-12-8-23-20(25)13-15)19-4-3-18(29-19)16-6-10-26(11-7-16)22(28)17-1-2-17/h3-5,8-9,12-13,16-17H,1-2,6-7,10-11,14H2,(H,24,27). The van der Waals surface area contributed by atoms with Crippen LogP contribution in [-0.4, -0.2) is 39.2 Å². The van der Waals surface area contributed by atoms with Crippen molar-refractivity contribution in [2.24, 2.45) is 5.92 Å². The van der Waals surface area contributed by atoms with E-state index < -0.39 is 0 Å². The van der Waals surface area contributed by atoms with Crippen molar-refractivity contribution in [1.82, 2.24) is 19.6 Å². The van der Waals surface area contributed by atoms with Crippen molar-refractivity contribution >= 4 is 28.8 Å². The minimum Gasteiger partial charge on any atom is -0.347 e. The Hall–Kier alpha value is -2.67. The Labute approximate surface area is 173 Å². The summed E-state index contributed by atoms with van der Waals surface area (Å²) in [6.07, 6.45) is 9.73. The van der Waals surface area contributed by atoms with Gasteiger partial charge in [-0.05, 0) is 61.4 Å². The van der Waals surface area contributed by atoms with Gasteiger partial charge in [-0.2, -0.15) is 0 Å². The van der Waals surface area contributed by atoms with Gasteiger partial charge in [-0.1, -0.05) is 0 Å². The Bertz CT molecular complexity index is 1040. The maximum Gasteiger partial charge on any atom is 0.261 e. The number of piperidine rings is 1. The number of thiophene rings is 1. The number of nitrogens with one attached hydrogen (secondary N) is 1. The number of fused-ring (bicyclic) bond motifs is 1. The smallest absolute Gasteiger partial charge is 0.261 e. The number of pyridine rings is 1. The molecule has 0 bridgehead atoms. The van der Waals surface area contributed by atoms with E-state index in [0.717, 1.165) is 54.9 Å². The van der Waals surface area contributed by atoms with E-state index in [2.05, 4.69) is 16.4 Å². The van der Waals surface area contributed by atoms with E-state index in [0.29, 0.717) is 24.3 Å². The molecule has 1 N–H and O–H groups in total. The zero-order valence-corrected chi connectivity index (χ0v) is 17.0. The van der Waals surface area contributed by atoms with Crippen LogP contribution in [0.25, 0.3) is 5.65 Å². The van der Waals surface area contributed by atoms with Crippen LogP contribution in [0, 0.1) is 5.92 Å². The normalized spacial score (nSPS) is 17.6. The fourth-order valence-electron chi connectivity index (χ4n) is 4.00. The van der Waals surface area contributed by atoms with Gasteiger partial charge >= 0.3 is 0 Å². The van der Waals surface area contributed by atoms with Gasteiger partial charge in [-0.3, -0.25) is 9.59 Å². The number of aromatic nitrogens is 2. The van der Waals surface area contributed by atoms with E-state index in [4.69, 9.17) is 0 Å². The molecule has 2 aliphatic rings. The number of likely N-dealkylation sites (tertiary alicyclic amines) is 1. The third kappa shape index (κ3) is 3.92. The largest absolute Gasteiger partial charge is 0.347 e. The summed E-state index contributed by atoms with van der Waals surface area (Å²) in [5.41, 5.74) is 1.91. The molecule has 4 heterocycles. The second-order valence-electron chi connectivity index (χ2n) is 7.99. The van der Waals surface area contributed by atoms with Crippen LogP contribution in [0.5, 0.6) is 0 Å². The Morgan fingerprint density at radius 2 is 1.93 bits per heavy atom. The number of rotatable bonds is 5. The number of carbonyl (C=O) groups is 2. The van der Waals surface area contributed by atoms with Gasteiger partial charge in [-0.25, -0.2) is 4.98 Å². The quantitative estimate of drug-likeness (QED) is 0.703. The Balaban J connectivity index is 1.16. The highest BCUT2D eigenvalue weighted by atomic mass is 32.1. The second-order valence-corrected chi connectivity index (χ2v) is 9.10. The van der Waals surface area contributed by atoms with Crippen LogP contribution >= 0.6 is 11.3 Å². The number of carbonyl (C=O) groups excluding carboxylic acids is 2. The highest BCUT2D eigenvalue weighted by Gasteiger charge is 2.35. The van der Waals surface area contributed by atoms with Gasteiger partial charge in [0.1, 0.15) is 5.65 Å². The van der Waals surface area contributed by atoms with Crippen LogP contribution in [0.2, 0.25) is 0 Å². The molecule has 3 aromatic heterocycles. The van der Waals surface area contributed by atoms with Crippen molar-refractivity contribution in [2.45, 2.75) is 38.1 Å². The molecule has 0 unspecified atom stereocenters. The molecule has 1 aliphatic carbocycles. The van der Waals surface area contributed by atoms with Crippen molar-refractivity contribution in [3.8, 4) is 0 Å². The van der Waals surface area contributed by atoms with Gasteiger partial charge < -0.3 is 14.6 Å². The first kappa shape index (κ1) is 18.4. The molecule has 1 saturated heterocycles. The summed E-state index contributed by atoms with van der Waals surface area (Å²) in [6.45, 7) is 2.17. The lowest BCUT2D eigenvalue weighted by Crippen LogP contribution is -2.38. The average Bonchev–Trinajstić information content (AvgIpc) is 3.29. The molecule has 0 spiro atoms. The average molecular weight is 409 g/mol. The first-order valence-corrected chi connectivity index (χ1v) is 11.1. The minimum absolute atomic E-state index is 0.0363. The first-order valence-electron chi connectivity index (χ1n) is 10.3. The molecule has 0 atom stereocenters. The zero-order chi connectivity index (χ0) is 19.8. The van der Waals surface area contributed by atoms with Gasteiger partial charge in [-0.15, -0.1) is 11.3 Å². The first-order chi connectivity index (χ1) is 14.2. The van der Waals surface area contributed by atoms with Crippen molar-refractivity contribution in [3.05, 3.63) is 58.2 Å². The molecule has 5 rings (SSSR count). The molecule has 1 saturated carbocycles. The molecule has 150 valence electrons. The predicted octanol–water partition coefficient (Wildman–Crippen LogP) is 3.44. The summed E-state index contributed by atoms with van der Waals surface area (Å²) in [7, 11) is 0. The monoisotopic (exact) mass is 408 g/mol. The number of hydrogen-bond acceptors (Lipinski definition) is 4. The zero-order valence-electron chi connectivity index (χ0n) is 16.2. The van der Waals surface area contributed by atoms with Gasteiger partial charge in [0, 0.05) is 49.0 Å². The van der Waals surface area contributed by atoms with Crippen molar-refractivity contribution in [2.75, 3.05) is 13.1 Å². The van der Waals surface area contributed by atoms with Crippen molar-refractivity contribution < 1.29 is 9.59 Å². The molecule has 1 aliphatic heterocycles. The summed E-state index contributed by atoms with van der Waals surface area (Å²) in [6, 6.07) is 7.98. The highest BCUT2D eigenvalue weighted by molar-refractivity contribution is 7.14. The Morgan fingerprint density at radius 1 is 1.10 bits per heavy atom. The fourth-order valence-corrected chi connectivity index (χ4v) is 5.09. The number of hydrogen-bond donors (Lipinski definition) is 1. The van der Waals surface area contributed by atoms with Crippen molar-refractivity contribution in [1.29, 1.82) is 0 Å². The summed E-state index contributed by atoms with van der Waals surface area (Å²) >= 11 is 1.58. The van der Waals surface area contributed by atoms with Crippen LogP contribution in [0.4, 0.5) is 0 Å². The molecular weight excluding hydrogens is 384 g/mol. The molecule has 0 radical (unpaired) electrons. The molecular formula is C22H24N4O2S. The molecule has 29 heavy (non-hydrogen) atoms. The van der Waals surface area contributed by atoms with Crippen LogP contribution in [0.3, 0.4) is 0 Å². The topological polar surface area (TPSA) is 66.7 Å². The van der Waals surface area contributed by atoms with Crippen LogP contribution in [-0.2, 0) is 11.3 Å². The summed E-state index contributed by atoms with van der Waals surface area (Å²) < 4.78 is 1.94. The second kappa shape index (κ2) is 7.63. The fraction of sp³-hybridized carbons (Fsp3) is 0.409. The molecule has 2 amide bonds.